The van der Waals surface area contributed by atoms with Crippen LogP contribution in [0.2, 0.25) is 0 Å². The van der Waals surface area contributed by atoms with Crippen molar-refractivity contribution in [1.29, 1.82) is 0 Å². The SMILES string of the molecule is CN[C@H]1CC[C@H](CC(=O)Nc2cnc(-c3ccc(C(C)(C)NC(=O)O)c(F)c3)c(-c3ccccc3)c2)CC1. The number of halogens is 1. The fourth-order valence-corrected chi connectivity index (χ4v) is 5.23. The van der Waals surface area contributed by atoms with Crippen LogP contribution in [0.25, 0.3) is 22.4 Å². The normalized spacial score (nSPS) is 17.6. The highest BCUT2D eigenvalue weighted by molar-refractivity contribution is 5.93. The molecule has 2 amide bonds. The summed E-state index contributed by atoms with van der Waals surface area (Å²) in [6.45, 7) is 3.22. The van der Waals surface area contributed by atoms with Gasteiger partial charge in [0.25, 0.3) is 0 Å². The van der Waals surface area contributed by atoms with Crippen molar-refractivity contribution in [3.8, 4) is 22.4 Å². The number of benzene rings is 2. The molecular weight excluding hydrogens is 483 g/mol. The van der Waals surface area contributed by atoms with Crippen molar-refractivity contribution in [3.05, 3.63) is 72.2 Å². The zero-order valence-electron chi connectivity index (χ0n) is 22.1. The van der Waals surface area contributed by atoms with E-state index in [-0.39, 0.29) is 11.5 Å². The quantitative estimate of drug-likeness (QED) is 0.286. The highest BCUT2D eigenvalue weighted by Gasteiger charge is 2.27. The number of carbonyl (C=O) groups is 2. The van der Waals surface area contributed by atoms with E-state index in [1.807, 2.05) is 43.4 Å². The Hall–Kier alpha value is -3.78. The predicted molar refractivity (Wildman–Crippen MR) is 147 cm³/mol. The highest BCUT2D eigenvalue weighted by atomic mass is 19.1. The lowest BCUT2D eigenvalue weighted by Crippen LogP contribution is -2.40. The van der Waals surface area contributed by atoms with Gasteiger partial charge in [0.2, 0.25) is 5.91 Å². The topological polar surface area (TPSA) is 103 Å². The maximum absolute atomic E-state index is 15.2. The number of carboxylic acid groups (broad SMARTS) is 1. The van der Waals surface area contributed by atoms with Crippen molar-refractivity contribution in [2.24, 2.45) is 5.92 Å². The average Bonchev–Trinajstić information content (AvgIpc) is 2.88. The first-order valence-corrected chi connectivity index (χ1v) is 13.0. The van der Waals surface area contributed by atoms with Crippen molar-refractivity contribution >= 4 is 17.7 Å². The Morgan fingerprint density at radius 3 is 2.37 bits per heavy atom. The van der Waals surface area contributed by atoms with E-state index in [2.05, 4.69) is 20.9 Å². The first-order valence-electron chi connectivity index (χ1n) is 13.0. The number of hydrogen-bond donors (Lipinski definition) is 4. The number of nitrogens with zero attached hydrogens (tertiary/aromatic N) is 1. The van der Waals surface area contributed by atoms with Crippen LogP contribution in [0.3, 0.4) is 0 Å². The van der Waals surface area contributed by atoms with E-state index in [4.69, 9.17) is 5.11 Å². The minimum atomic E-state index is -1.23. The molecule has 0 atom stereocenters. The van der Waals surface area contributed by atoms with Gasteiger partial charge in [-0.2, -0.15) is 0 Å². The lowest BCUT2D eigenvalue weighted by Gasteiger charge is -2.27. The summed E-state index contributed by atoms with van der Waals surface area (Å²) in [6.07, 6.45) is 5.08. The van der Waals surface area contributed by atoms with Crippen molar-refractivity contribution < 1.29 is 19.1 Å². The molecule has 38 heavy (non-hydrogen) atoms. The molecule has 200 valence electrons. The number of amides is 2. The van der Waals surface area contributed by atoms with Crippen LogP contribution in [0.15, 0.2) is 60.8 Å². The Bertz CT molecular complexity index is 1290. The van der Waals surface area contributed by atoms with E-state index in [9.17, 15) is 9.59 Å². The standard InChI is InChI=1S/C30H35FN4O3/c1-30(2,35-29(37)38)25-14-11-21(16-26(25)31)28-24(20-7-5-4-6-8-20)17-23(18-33-28)34-27(36)15-19-9-12-22(32-3)13-10-19/h4-8,11,14,16-19,22,32,35H,9-10,12-13,15H2,1-3H3,(H,34,36)(H,37,38)/t19-,22-. The van der Waals surface area contributed by atoms with Crippen LogP contribution >= 0.6 is 0 Å². The molecule has 8 heteroatoms. The van der Waals surface area contributed by atoms with Gasteiger partial charge < -0.3 is 21.1 Å². The summed E-state index contributed by atoms with van der Waals surface area (Å²) in [6, 6.07) is 16.7. The highest BCUT2D eigenvalue weighted by Crippen LogP contribution is 2.35. The Balaban J connectivity index is 1.60. The van der Waals surface area contributed by atoms with Crippen LogP contribution in [-0.4, -0.2) is 35.2 Å². The molecule has 0 unspecified atom stereocenters. The molecule has 1 heterocycles. The van der Waals surface area contributed by atoms with Gasteiger partial charge in [-0.3, -0.25) is 9.78 Å². The minimum absolute atomic E-state index is 0.0324. The molecule has 1 aliphatic rings. The van der Waals surface area contributed by atoms with Crippen LogP contribution in [0, 0.1) is 11.7 Å². The van der Waals surface area contributed by atoms with Gasteiger partial charge in [0, 0.05) is 29.2 Å². The summed E-state index contributed by atoms with van der Waals surface area (Å²) in [4.78, 5) is 28.6. The Morgan fingerprint density at radius 1 is 1.03 bits per heavy atom. The van der Waals surface area contributed by atoms with Crippen LogP contribution in [0.5, 0.6) is 0 Å². The molecule has 7 nitrogen and oxygen atoms in total. The third-order valence-corrected chi connectivity index (χ3v) is 7.32. The van der Waals surface area contributed by atoms with Crippen LogP contribution in [0.4, 0.5) is 14.9 Å². The lowest BCUT2D eigenvalue weighted by molar-refractivity contribution is -0.117. The number of nitrogens with one attached hydrogen (secondary N) is 3. The Morgan fingerprint density at radius 2 is 1.74 bits per heavy atom. The fraction of sp³-hybridized carbons (Fsp3) is 0.367. The molecule has 0 saturated heterocycles. The second-order valence-corrected chi connectivity index (χ2v) is 10.5. The van der Waals surface area contributed by atoms with Gasteiger partial charge in [0.05, 0.1) is 23.1 Å². The minimum Gasteiger partial charge on any atom is -0.465 e. The van der Waals surface area contributed by atoms with Gasteiger partial charge in [-0.25, -0.2) is 9.18 Å². The van der Waals surface area contributed by atoms with E-state index in [1.54, 1.807) is 32.2 Å². The molecule has 1 aliphatic carbocycles. The Labute approximate surface area is 222 Å². The average molecular weight is 519 g/mol. The first kappa shape index (κ1) is 27.3. The van der Waals surface area contributed by atoms with E-state index >= 15 is 4.39 Å². The second kappa shape index (κ2) is 11.7. The van der Waals surface area contributed by atoms with Gasteiger partial charge in [-0.1, -0.05) is 42.5 Å². The van der Waals surface area contributed by atoms with Gasteiger partial charge >= 0.3 is 6.09 Å². The molecule has 1 fully saturated rings. The molecule has 0 bridgehead atoms. The van der Waals surface area contributed by atoms with Crippen LogP contribution in [0.1, 0.15) is 51.5 Å². The first-order chi connectivity index (χ1) is 18.2. The number of anilines is 1. The number of carbonyl (C=O) groups excluding carboxylic acids is 1. The maximum atomic E-state index is 15.2. The largest absolute Gasteiger partial charge is 0.465 e. The number of rotatable bonds is 8. The third kappa shape index (κ3) is 6.55. The number of hydrogen-bond acceptors (Lipinski definition) is 4. The predicted octanol–water partition coefficient (Wildman–Crippen LogP) is 6.16. The molecular formula is C30H35FN4O3. The molecule has 0 radical (unpaired) electrons. The number of pyridine rings is 1. The van der Waals surface area contributed by atoms with E-state index in [1.165, 1.54) is 6.07 Å². The number of aromatic nitrogens is 1. The van der Waals surface area contributed by atoms with Gasteiger partial charge in [0.1, 0.15) is 5.82 Å². The summed E-state index contributed by atoms with van der Waals surface area (Å²) >= 11 is 0. The molecule has 0 aliphatic heterocycles. The molecule has 1 aromatic heterocycles. The van der Waals surface area contributed by atoms with Crippen molar-refractivity contribution in [2.45, 2.75) is 57.5 Å². The van der Waals surface area contributed by atoms with Gasteiger partial charge in [0.15, 0.2) is 0 Å². The van der Waals surface area contributed by atoms with Crippen LogP contribution in [-0.2, 0) is 10.3 Å². The molecule has 4 rings (SSSR count). The van der Waals surface area contributed by atoms with Crippen molar-refractivity contribution in [2.75, 3.05) is 12.4 Å². The van der Waals surface area contributed by atoms with Crippen molar-refractivity contribution in [3.63, 3.8) is 0 Å². The third-order valence-electron chi connectivity index (χ3n) is 7.32. The zero-order valence-corrected chi connectivity index (χ0v) is 22.1. The molecule has 4 N–H and O–H groups in total. The second-order valence-electron chi connectivity index (χ2n) is 10.5. The van der Waals surface area contributed by atoms with E-state index in [0.717, 1.165) is 36.8 Å². The molecule has 3 aromatic rings. The summed E-state index contributed by atoms with van der Waals surface area (Å²) in [5, 5.41) is 17.8. The molecule has 0 spiro atoms. The van der Waals surface area contributed by atoms with Crippen molar-refractivity contribution in [1.82, 2.24) is 15.6 Å². The summed E-state index contributed by atoms with van der Waals surface area (Å²) < 4.78 is 15.2. The molecule has 1 saturated carbocycles. The van der Waals surface area contributed by atoms with Crippen LogP contribution < -0.4 is 16.0 Å². The summed E-state index contributed by atoms with van der Waals surface area (Å²) in [5.41, 5.74) is 2.47. The fourth-order valence-electron chi connectivity index (χ4n) is 5.23. The van der Waals surface area contributed by atoms with Gasteiger partial charge in [-0.05, 0) is 70.2 Å². The monoisotopic (exact) mass is 518 g/mol. The lowest BCUT2D eigenvalue weighted by atomic mass is 9.84. The Kier molecular flexibility index (Phi) is 8.42. The van der Waals surface area contributed by atoms with Gasteiger partial charge in [-0.15, -0.1) is 0 Å². The zero-order chi connectivity index (χ0) is 27.3. The smallest absolute Gasteiger partial charge is 0.405 e. The molecule has 2 aromatic carbocycles. The van der Waals surface area contributed by atoms with E-state index in [0.29, 0.717) is 35.3 Å². The summed E-state index contributed by atoms with van der Waals surface area (Å²) in [5.74, 6) is -0.191. The maximum Gasteiger partial charge on any atom is 0.405 e. The summed E-state index contributed by atoms with van der Waals surface area (Å²) in [7, 11) is 1.99. The van der Waals surface area contributed by atoms with E-state index < -0.39 is 17.4 Å².